The Bertz CT molecular complexity index is 2170. The first-order valence-electron chi connectivity index (χ1n) is 15.0. The molecule has 0 aliphatic heterocycles. The number of fused-ring (bicyclic) bond motifs is 3. The Morgan fingerprint density at radius 3 is 2.37 bits per heavy atom. The van der Waals surface area contributed by atoms with Crippen LogP contribution in [-0.4, -0.2) is 72.2 Å². The summed E-state index contributed by atoms with van der Waals surface area (Å²) in [4.78, 5) is 10.2. The zero-order valence-corrected chi connectivity index (χ0v) is 28.7. The van der Waals surface area contributed by atoms with Gasteiger partial charge in [-0.25, -0.2) is 21.8 Å². The number of hydrogen-bond acceptors (Lipinski definition) is 7. The van der Waals surface area contributed by atoms with Gasteiger partial charge >= 0.3 is 0 Å². The Hall–Kier alpha value is -3.97. The van der Waals surface area contributed by atoms with Crippen molar-refractivity contribution in [3.05, 3.63) is 90.0 Å². The Balaban J connectivity index is 1.44. The van der Waals surface area contributed by atoms with Crippen molar-refractivity contribution in [1.82, 2.24) is 14.9 Å². The van der Waals surface area contributed by atoms with Crippen LogP contribution in [-0.2, 0) is 20.0 Å². The molecular formula is C34H37N5O4S3. The maximum atomic E-state index is 13.4. The molecule has 0 saturated carbocycles. The first kappa shape index (κ1) is 32.0. The number of pyridine rings is 1. The third kappa shape index (κ3) is 6.09. The molecule has 0 amide bonds. The Morgan fingerprint density at radius 2 is 1.70 bits per heavy atom. The van der Waals surface area contributed by atoms with E-state index in [0.29, 0.717) is 30.0 Å². The van der Waals surface area contributed by atoms with Gasteiger partial charge in [0.25, 0.3) is 10.0 Å². The van der Waals surface area contributed by atoms with Gasteiger partial charge in [-0.15, -0.1) is 11.3 Å². The molecule has 3 heterocycles. The number of H-pyrrole nitrogens is 1. The van der Waals surface area contributed by atoms with Gasteiger partial charge in [0, 0.05) is 42.1 Å². The van der Waals surface area contributed by atoms with Crippen LogP contribution in [0, 0.1) is 0 Å². The zero-order valence-electron chi connectivity index (χ0n) is 26.3. The van der Waals surface area contributed by atoms with Gasteiger partial charge < -0.3 is 9.88 Å². The number of nitrogens with zero attached hydrogens (tertiary/aromatic N) is 4. The highest BCUT2D eigenvalue weighted by Gasteiger charge is 2.25. The number of thiophene rings is 1. The average Bonchev–Trinajstić information content (AvgIpc) is 3.73. The van der Waals surface area contributed by atoms with E-state index in [1.807, 2.05) is 61.6 Å². The number of sulfonamides is 2. The second kappa shape index (κ2) is 12.7. The lowest BCUT2D eigenvalue weighted by Gasteiger charge is -2.21. The minimum atomic E-state index is -3.71. The molecule has 9 nitrogen and oxygen atoms in total. The lowest BCUT2D eigenvalue weighted by Crippen LogP contribution is -2.30. The van der Waals surface area contributed by atoms with E-state index in [9.17, 15) is 16.8 Å². The van der Waals surface area contributed by atoms with E-state index >= 15 is 0 Å². The van der Waals surface area contributed by atoms with E-state index in [1.165, 1.54) is 19.9 Å². The van der Waals surface area contributed by atoms with Crippen molar-refractivity contribution >= 4 is 70.3 Å². The van der Waals surface area contributed by atoms with E-state index in [4.69, 9.17) is 4.98 Å². The van der Waals surface area contributed by atoms with E-state index < -0.39 is 20.0 Å². The first-order valence-corrected chi connectivity index (χ1v) is 18.9. The average molecular weight is 676 g/mol. The molecule has 12 heteroatoms. The second-order valence-corrected chi connectivity index (χ2v) is 16.9. The Kier molecular flexibility index (Phi) is 8.81. The standard InChI is InChI=1S/C34H37N5O4S3/c1-37(2)19-9-21-45(40,41)38(3)26-15-13-24(14-16-26)29-23-35-34-33(32(29)25-10-6-5-7-11-25)28-22-27(17-18-30(28)36-34)39(4)46(42,43)31-12-8-20-44-31/h5-6,8,10,12-18,20,22-23H,7,9,11,19,21H2,1-4H3,(H,35,36). The molecule has 2 aromatic carbocycles. The van der Waals surface area contributed by atoms with Crippen LogP contribution in [0.2, 0.25) is 0 Å². The van der Waals surface area contributed by atoms with Gasteiger partial charge in [-0.3, -0.25) is 8.61 Å². The molecule has 46 heavy (non-hydrogen) atoms. The molecule has 3 aromatic heterocycles. The van der Waals surface area contributed by atoms with Crippen LogP contribution in [0.1, 0.15) is 24.8 Å². The predicted octanol–water partition coefficient (Wildman–Crippen LogP) is 6.72. The Labute approximate surface area is 274 Å². The fourth-order valence-corrected chi connectivity index (χ4v) is 9.36. The second-order valence-electron chi connectivity index (χ2n) is 11.7. The molecule has 0 saturated heterocycles. The van der Waals surface area contributed by atoms with Gasteiger partial charge in [-0.05, 0) is 98.4 Å². The lowest BCUT2D eigenvalue weighted by atomic mass is 9.88. The highest BCUT2D eigenvalue weighted by Crippen LogP contribution is 2.41. The number of hydrogen-bond donors (Lipinski definition) is 1. The van der Waals surface area contributed by atoms with Gasteiger partial charge in [0.05, 0.1) is 17.1 Å². The molecule has 240 valence electrons. The van der Waals surface area contributed by atoms with Gasteiger partial charge in [0.2, 0.25) is 10.0 Å². The van der Waals surface area contributed by atoms with Gasteiger partial charge in [0.1, 0.15) is 9.86 Å². The number of benzene rings is 2. The van der Waals surface area contributed by atoms with Crippen LogP contribution in [0.4, 0.5) is 11.4 Å². The normalized spacial score (nSPS) is 13.9. The van der Waals surface area contributed by atoms with Crippen LogP contribution in [0.15, 0.2) is 88.6 Å². The quantitative estimate of drug-likeness (QED) is 0.167. The molecule has 1 aliphatic carbocycles. The highest BCUT2D eigenvalue weighted by molar-refractivity contribution is 7.94. The maximum Gasteiger partial charge on any atom is 0.273 e. The number of rotatable bonds is 11. The SMILES string of the molecule is CN(C)CCCS(=O)(=O)N(C)c1ccc(-c2cnc3[nH]c4ccc(N(C)S(=O)(=O)c5cccs5)cc4c3c2C2=CC=CCC2)cc1. The summed E-state index contributed by atoms with van der Waals surface area (Å²) in [6.45, 7) is 0.700. The summed E-state index contributed by atoms with van der Waals surface area (Å²) < 4.78 is 55.7. The molecule has 6 rings (SSSR count). The third-order valence-electron chi connectivity index (χ3n) is 8.38. The molecule has 0 bridgehead atoms. The molecule has 1 N–H and O–H groups in total. The monoisotopic (exact) mass is 675 g/mol. The minimum absolute atomic E-state index is 0.0716. The zero-order chi connectivity index (χ0) is 32.6. The molecule has 0 spiro atoms. The van der Waals surface area contributed by atoms with Crippen LogP contribution >= 0.6 is 11.3 Å². The van der Waals surface area contributed by atoms with Crippen molar-refractivity contribution in [1.29, 1.82) is 0 Å². The molecule has 0 unspecified atom stereocenters. The predicted molar refractivity (Wildman–Crippen MR) is 191 cm³/mol. The van der Waals surface area contributed by atoms with Crippen molar-refractivity contribution < 1.29 is 16.8 Å². The number of aromatic nitrogens is 2. The van der Waals surface area contributed by atoms with E-state index in [-0.39, 0.29) is 9.96 Å². The van der Waals surface area contributed by atoms with E-state index in [1.54, 1.807) is 37.7 Å². The molecule has 0 atom stereocenters. The summed E-state index contributed by atoms with van der Waals surface area (Å²) in [7, 11) is -0.146. The van der Waals surface area contributed by atoms with E-state index in [0.717, 1.165) is 51.4 Å². The van der Waals surface area contributed by atoms with Crippen molar-refractivity contribution in [3.63, 3.8) is 0 Å². The smallest absolute Gasteiger partial charge is 0.273 e. The lowest BCUT2D eigenvalue weighted by molar-refractivity contribution is 0.408. The topological polar surface area (TPSA) is 107 Å². The van der Waals surface area contributed by atoms with Gasteiger partial charge in [-0.2, -0.15) is 0 Å². The minimum Gasteiger partial charge on any atom is -0.339 e. The first-order chi connectivity index (χ1) is 22.0. The third-order valence-corrected chi connectivity index (χ3v) is 13.4. The summed E-state index contributed by atoms with van der Waals surface area (Å²) in [5, 5.41) is 3.55. The number of nitrogens with one attached hydrogen (secondary N) is 1. The number of aromatic amines is 1. The molecule has 0 fully saturated rings. The van der Waals surface area contributed by atoms with Gasteiger partial charge in [-0.1, -0.05) is 36.4 Å². The fraction of sp³-hybridized carbons (Fsp3) is 0.265. The molecule has 0 radical (unpaired) electrons. The van der Waals surface area contributed by atoms with Crippen molar-refractivity contribution in [3.8, 4) is 11.1 Å². The van der Waals surface area contributed by atoms with Crippen LogP contribution in [0.5, 0.6) is 0 Å². The molecular weight excluding hydrogens is 639 g/mol. The van der Waals surface area contributed by atoms with E-state index in [2.05, 4.69) is 23.2 Å². The van der Waals surface area contributed by atoms with Crippen LogP contribution < -0.4 is 8.61 Å². The summed E-state index contributed by atoms with van der Waals surface area (Å²) in [5.74, 6) is 0.0716. The number of allylic oxidation sites excluding steroid dienone is 4. The molecule has 1 aliphatic rings. The fourth-order valence-electron chi connectivity index (χ4n) is 5.80. The van der Waals surface area contributed by atoms with Crippen molar-refractivity contribution in [2.75, 3.05) is 49.1 Å². The van der Waals surface area contributed by atoms with Crippen molar-refractivity contribution in [2.45, 2.75) is 23.5 Å². The number of anilines is 2. The Morgan fingerprint density at radius 1 is 0.935 bits per heavy atom. The largest absolute Gasteiger partial charge is 0.339 e. The highest BCUT2D eigenvalue weighted by atomic mass is 32.2. The van der Waals surface area contributed by atoms with Crippen molar-refractivity contribution in [2.24, 2.45) is 0 Å². The summed E-state index contributed by atoms with van der Waals surface area (Å²) >= 11 is 1.19. The van der Waals surface area contributed by atoms with Gasteiger partial charge in [0.15, 0.2) is 0 Å². The molecule has 5 aromatic rings. The maximum absolute atomic E-state index is 13.4. The summed E-state index contributed by atoms with van der Waals surface area (Å²) in [5.41, 5.74) is 6.72. The van der Waals surface area contributed by atoms with Crippen LogP contribution in [0.25, 0.3) is 38.6 Å². The summed E-state index contributed by atoms with van der Waals surface area (Å²) in [6, 6.07) is 16.5. The van der Waals surface area contributed by atoms with Crippen LogP contribution in [0.3, 0.4) is 0 Å². The summed E-state index contributed by atoms with van der Waals surface area (Å²) in [6.07, 6.45) is 10.5.